The number of anilines is 1. The molecule has 19 heavy (non-hydrogen) atoms. The summed E-state index contributed by atoms with van der Waals surface area (Å²) in [6.07, 6.45) is 0. The van der Waals surface area contributed by atoms with Gasteiger partial charge in [-0.15, -0.1) is 0 Å². The van der Waals surface area contributed by atoms with Crippen LogP contribution in [-0.4, -0.2) is 26.9 Å². The van der Waals surface area contributed by atoms with Crippen molar-refractivity contribution in [3.63, 3.8) is 0 Å². The fourth-order valence-electron chi connectivity index (χ4n) is 2.04. The van der Waals surface area contributed by atoms with Crippen molar-refractivity contribution in [1.29, 1.82) is 0 Å². The Labute approximate surface area is 113 Å². The molecule has 1 aliphatic rings. The summed E-state index contributed by atoms with van der Waals surface area (Å²) in [5.41, 5.74) is 2.39. The van der Waals surface area contributed by atoms with Gasteiger partial charge >= 0.3 is 0 Å². The molecule has 0 saturated heterocycles. The molecule has 0 aromatic carbocycles. The van der Waals surface area contributed by atoms with E-state index in [9.17, 15) is 9.59 Å². The van der Waals surface area contributed by atoms with Crippen molar-refractivity contribution in [2.24, 2.45) is 0 Å². The average molecular weight is 276 g/mol. The van der Waals surface area contributed by atoms with Crippen LogP contribution in [-0.2, 0) is 17.9 Å². The van der Waals surface area contributed by atoms with Crippen LogP contribution >= 0.6 is 11.3 Å². The molecule has 98 valence electrons. The zero-order chi connectivity index (χ0) is 13.4. The molecule has 0 radical (unpaired) electrons. The van der Waals surface area contributed by atoms with E-state index < -0.39 is 0 Å². The largest absolute Gasteiger partial charge is 0.333 e. The molecule has 0 unspecified atom stereocenters. The number of nitrogens with zero attached hydrogens (tertiary/aromatic N) is 2. The first-order valence-electron chi connectivity index (χ1n) is 5.80. The average Bonchev–Trinajstić information content (AvgIpc) is 3.05. The van der Waals surface area contributed by atoms with Crippen molar-refractivity contribution in [3.8, 4) is 0 Å². The fourth-order valence-corrected chi connectivity index (χ4v) is 2.68. The van der Waals surface area contributed by atoms with E-state index in [1.54, 1.807) is 16.3 Å². The minimum atomic E-state index is -0.183. The van der Waals surface area contributed by atoms with Crippen LogP contribution in [0, 0.1) is 0 Å². The maximum atomic E-state index is 11.9. The number of hydrogen-bond acceptors (Lipinski definition) is 4. The van der Waals surface area contributed by atoms with Crippen LogP contribution in [0.5, 0.6) is 0 Å². The Kier molecular flexibility index (Phi) is 2.83. The maximum absolute atomic E-state index is 11.9. The van der Waals surface area contributed by atoms with Gasteiger partial charge < -0.3 is 10.2 Å². The number of aromatic nitrogens is 2. The zero-order valence-electron chi connectivity index (χ0n) is 10.3. The fraction of sp³-hybridized carbons (Fsp3) is 0.250. The highest BCUT2D eigenvalue weighted by Gasteiger charge is 2.27. The van der Waals surface area contributed by atoms with Crippen molar-refractivity contribution >= 4 is 29.0 Å². The zero-order valence-corrected chi connectivity index (χ0v) is 11.1. The predicted octanol–water partition coefficient (Wildman–Crippen LogP) is 1.59. The van der Waals surface area contributed by atoms with Crippen LogP contribution in [0.1, 0.15) is 28.5 Å². The molecule has 2 N–H and O–H groups in total. The highest BCUT2D eigenvalue weighted by Crippen LogP contribution is 2.27. The summed E-state index contributed by atoms with van der Waals surface area (Å²) in [6, 6.07) is 1.76. The first-order valence-corrected chi connectivity index (χ1v) is 6.74. The molecule has 0 aliphatic carbocycles. The Bertz CT molecular complexity index is 632. The molecule has 0 spiro atoms. The van der Waals surface area contributed by atoms with Gasteiger partial charge in [0, 0.05) is 17.9 Å². The van der Waals surface area contributed by atoms with Crippen molar-refractivity contribution in [2.45, 2.75) is 20.0 Å². The Morgan fingerprint density at radius 2 is 2.32 bits per heavy atom. The van der Waals surface area contributed by atoms with Crippen molar-refractivity contribution < 1.29 is 9.59 Å². The van der Waals surface area contributed by atoms with E-state index in [0.29, 0.717) is 24.5 Å². The van der Waals surface area contributed by atoms with Gasteiger partial charge in [-0.1, -0.05) is 0 Å². The van der Waals surface area contributed by atoms with E-state index >= 15 is 0 Å². The van der Waals surface area contributed by atoms with Gasteiger partial charge in [-0.2, -0.15) is 16.4 Å². The number of nitrogens with one attached hydrogen (secondary N) is 2. The summed E-state index contributed by atoms with van der Waals surface area (Å²) < 4.78 is 0. The molecule has 3 heterocycles. The number of aromatic amines is 1. The number of hydrogen-bond donors (Lipinski definition) is 2. The first kappa shape index (κ1) is 11.9. The molecule has 2 aromatic rings. The third-order valence-electron chi connectivity index (χ3n) is 3.11. The quantitative estimate of drug-likeness (QED) is 0.874. The van der Waals surface area contributed by atoms with Crippen LogP contribution in [0.25, 0.3) is 0 Å². The minimum absolute atomic E-state index is 0.0136. The van der Waals surface area contributed by atoms with Gasteiger partial charge in [0.1, 0.15) is 0 Å². The standard InChI is InChI=1S/C12H12N4O2S/c1-7(17)16-4-9-10(5-16)14-15-11(9)13-12(18)8-2-3-19-6-8/h2-3,6H,4-5H2,1H3,(H2,13,14,15,18). The summed E-state index contributed by atoms with van der Waals surface area (Å²) in [6.45, 7) is 2.54. The third kappa shape index (κ3) is 2.12. The smallest absolute Gasteiger partial charge is 0.257 e. The van der Waals surface area contributed by atoms with E-state index in [4.69, 9.17) is 0 Å². The first-order chi connectivity index (χ1) is 9.15. The monoisotopic (exact) mass is 276 g/mol. The van der Waals surface area contributed by atoms with E-state index in [-0.39, 0.29) is 11.8 Å². The summed E-state index contributed by atoms with van der Waals surface area (Å²) >= 11 is 1.47. The van der Waals surface area contributed by atoms with Gasteiger partial charge in [-0.05, 0) is 11.4 Å². The Hall–Kier alpha value is -2.15. The third-order valence-corrected chi connectivity index (χ3v) is 3.79. The normalized spacial score (nSPS) is 13.4. The van der Waals surface area contributed by atoms with E-state index in [2.05, 4.69) is 15.5 Å². The predicted molar refractivity (Wildman–Crippen MR) is 70.8 cm³/mol. The Morgan fingerprint density at radius 3 is 3.00 bits per heavy atom. The lowest BCUT2D eigenvalue weighted by Gasteiger charge is -2.12. The van der Waals surface area contributed by atoms with Gasteiger partial charge in [-0.3, -0.25) is 14.7 Å². The molecule has 0 bridgehead atoms. The molecular weight excluding hydrogens is 264 g/mol. The van der Waals surface area contributed by atoms with Crippen molar-refractivity contribution in [1.82, 2.24) is 15.1 Å². The summed E-state index contributed by atoms with van der Waals surface area (Å²) in [5.74, 6) is 0.339. The number of thiophene rings is 1. The highest BCUT2D eigenvalue weighted by molar-refractivity contribution is 7.08. The number of carbonyl (C=O) groups is 2. The molecule has 0 atom stereocenters. The summed E-state index contributed by atoms with van der Waals surface area (Å²) in [4.78, 5) is 25.0. The molecule has 2 aromatic heterocycles. The highest BCUT2D eigenvalue weighted by atomic mass is 32.1. The number of carbonyl (C=O) groups excluding carboxylic acids is 2. The number of fused-ring (bicyclic) bond motifs is 1. The Morgan fingerprint density at radius 1 is 1.47 bits per heavy atom. The minimum Gasteiger partial charge on any atom is -0.333 e. The molecule has 6 nitrogen and oxygen atoms in total. The van der Waals surface area contributed by atoms with Crippen LogP contribution in [0.3, 0.4) is 0 Å². The maximum Gasteiger partial charge on any atom is 0.257 e. The van der Waals surface area contributed by atoms with Crippen LogP contribution in [0.2, 0.25) is 0 Å². The molecular formula is C12H12N4O2S. The second kappa shape index (κ2) is 4.51. The van der Waals surface area contributed by atoms with Crippen LogP contribution in [0.15, 0.2) is 16.8 Å². The topological polar surface area (TPSA) is 78.1 Å². The SMILES string of the molecule is CC(=O)N1Cc2[nH]nc(NC(=O)c3ccsc3)c2C1. The van der Waals surface area contributed by atoms with Crippen molar-refractivity contribution in [2.75, 3.05) is 5.32 Å². The number of H-pyrrole nitrogens is 1. The van der Waals surface area contributed by atoms with Gasteiger partial charge in [0.25, 0.3) is 5.91 Å². The van der Waals surface area contributed by atoms with Gasteiger partial charge in [0.15, 0.2) is 5.82 Å². The lowest BCUT2D eigenvalue weighted by atomic mass is 10.2. The second-order valence-electron chi connectivity index (χ2n) is 4.37. The van der Waals surface area contributed by atoms with Gasteiger partial charge in [-0.25, -0.2) is 0 Å². The van der Waals surface area contributed by atoms with Crippen molar-refractivity contribution in [3.05, 3.63) is 33.6 Å². The van der Waals surface area contributed by atoms with Gasteiger partial charge in [0.05, 0.1) is 24.3 Å². The molecule has 1 aliphatic heterocycles. The lowest BCUT2D eigenvalue weighted by Crippen LogP contribution is -2.22. The van der Waals surface area contributed by atoms with E-state index in [0.717, 1.165) is 11.3 Å². The molecule has 3 rings (SSSR count). The van der Waals surface area contributed by atoms with Crippen LogP contribution in [0.4, 0.5) is 5.82 Å². The second-order valence-corrected chi connectivity index (χ2v) is 5.15. The van der Waals surface area contributed by atoms with E-state index in [1.807, 2.05) is 5.38 Å². The molecule has 2 amide bonds. The van der Waals surface area contributed by atoms with Gasteiger partial charge in [0.2, 0.25) is 5.91 Å². The van der Waals surface area contributed by atoms with Crippen LogP contribution < -0.4 is 5.32 Å². The van der Waals surface area contributed by atoms with E-state index in [1.165, 1.54) is 18.3 Å². The molecule has 0 saturated carbocycles. The molecule has 7 heteroatoms. The Balaban J connectivity index is 1.78. The molecule has 0 fully saturated rings. The number of amides is 2. The number of rotatable bonds is 2. The summed E-state index contributed by atoms with van der Waals surface area (Å²) in [7, 11) is 0. The lowest BCUT2D eigenvalue weighted by molar-refractivity contribution is -0.129. The summed E-state index contributed by atoms with van der Waals surface area (Å²) in [5, 5.41) is 13.4.